The van der Waals surface area contributed by atoms with E-state index in [1.165, 1.54) is 13.1 Å². The second kappa shape index (κ2) is 5.85. The van der Waals surface area contributed by atoms with Crippen molar-refractivity contribution in [3.63, 3.8) is 0 Å². The van der Waals surface area contributed by atoms with E-state index in [2.05, 4.69) is 10.0 Å². The SMILES string of the molecule is CNS(=O)(=O)c1ccccc1NC(=O)c1ccccc1. The summed E-state index contributed by atoms with van der Waals surface area (Å²) in [4.78, 5) is 12.1. The number of anilines is 1. The maximum absolute atomic E-state index is 12.1. The Labute approximate surface area is 117 Å². The standard InChI is InChI=1S/C14H14N2O3S/c1-15-20(18,19)13-10-6-5-9-12(13)16-14(17)11-7-3-2-4-8-11/h2-10,15H,1H3,(H,16,17). The lowest BCUT2D eigenvalue weighted by Gasteiger charge is -2.10. The van der Waals surface area contributed by atoms with E-state index in [1.54, 1.807) is 48.5 Å². The molecule has 0 aliphatic rings. The molecule has 2 N–H and O–H groups in total. The first-order chi connectivity index (χ1) is 9.54. The van der Waals surface area contributed by atoms with Crippen molar-refractivity contribution in [2.75, 3.05) is 12.4 Å². The van der Waals surface area contributed by atoms with E-state index < -0.39 is 10.0 Å². The van der Waals surface area contributed by atoms with Crippen LogP contribution in [0.2, 0.25) is 0 Å². The second-order valence-corrected chi connectivity index (χ2v) is 5.88. The summed E-state index contributed by atoms with van der Waals surface area (Å²) in [6.45, 7) is 0. The number of nitrogens with one attached hydrogen (secondary N) is 2. The minimum atomic E-state index is -3.62. The molecule has 0 heterocycles. The number of benzene rings is 2. The highest BCUT2D eigenvalue weighted by Gasteiger charge is 2.17. The van der Waals surface area contributed by atoms with Crippen molar-refractivity contribution < 1.29 is 13.2 Å². The molecule has 0 aromatic heterocycles. The van der Waals surface area contributed by atoms with Gasteiger partial charge >= 0.3 is 0 Å². The molecule has 2 rings (SSSR count). The molecule has 0 saturated heterocycles. The van der Waals surface area contributed by atoms with Crippen molar-refractivity contribution in [3.8, 4) is 0 Å². The molecule has 0 aliphatic heterocycles. The topological polar surface area (TPSA) is 75.3 Å². The van der Waals surface area contributed by atoms with E-state index in [-0.39, 0.29) is 16.5 Å². The highest BCUT2D eigenvalue weighted by molar-refractivity contribution is 7.89. The zero-order valence-electron chi connectivity index (χ0n) is 10.8. The largest absolute Gasteiger partial charge is 0.321 e. The first-order valence-corrected chi connectivity index (χ1v) is 7.42. The van der Waals surface area contributed by atoms with Crippen LogP contribution in [0, 0.1) is 0 Å². The Morgan fingerprint density at radius 1 is 0.950 bits per heavy atom. The van der Waals surface area contributed by atoms with E-state index in [4.69, 9.17) is 0 Å². The molecule has 0 atom stereocenters. The van der Waals surface area contributed by atoms with Gasteiger partial charge in [0, 0.05) is 5.56 Å². The summed E-state index contributed by atoms with van der Waals surface area (Å²) in [7, 11) is -2.30. The van der Waals surface area contributed by atoms with E-state index in [1.807, 2.05) is 0 Å². The van der Waals surface area contributed by atoms with Crippen molar-refractivity contribution in [3.05, 3.63) is 60.2 Å². The van der Waals surface area contributed by atoms with Crippen LogP contribution in [0.3, 0.4) is 0 Å². The maximum atomic E-state index is 12.1. The Kier molecular flexibility index (Phi) is 4.16. The van der Waals surface area contributed by atoms with Gasteiger partial charge in [0.1, 0.15) is 4.90 Å². The van der Waals surface area contributed by atoms with Crippen molar-refractivity contribution in [1.82, 2.24) is 4.72 Å². The Morgan fingerprint density at radius 2 is 1.55 bits per heavy atom. The Balaban J connectivity index is 2.34. The third-order valence-corrected chi connectivity index (χ3v) is 4.20. The Morgan fingerprint density at radius 3 is 2.20 bits per heavy atom. The predicted octanol–water partition coefficient (Wildman–Crippen LogP) is 1.85. The molecule has 6 heteroatoms. The number of sulfonamides is 1. The zero-order valence-corrected chi connectivity index (χ0v) is 11.6. The molecule has 0 bridgehead atoms. The normalized spacial score (nSPS) is 11.1. The molecule has 0 radical (unpaired) electrons. The fourth-order valence-electron chi connectivity index (χ4n) is 1.70. The lowest BCUT2D eigenvalue weighted by atomic mass is 10.2. The van der Waals surface area contributed by atoms with Crippen LogP contribution < -0.4 is 10.0 Å². The van der Waals surface area contributed by atoms with Gasteiger partial charge in [-0.05, 0) is 31.3 Å². The molecule has 20 heavy (non-hydrogen) atoms. The van der Waals surface area contributed by atoms with Crippen molar-refractivity contribution in [1.29, 1.82) is 0 Å². The molecule has 2 aromatic rings. The molecule has 0 unspecified atom stereocenters. The summed E-state index contributed by atoms with van der Waals surface area (Å²) in [5.41, 5.74) is 0.708. The van der Waals surface area contributed by atoms with Gasteiger partial charge in [-0.25, -0.2) is 13.1 Å². The fraction of sp³-hybridized carbons (Fsp3) is 0.0714. The van der Waals surface area contributed by atoms with E-state index >= 15 is 0 Å². The third kappa shape index (κ3) is 3.04. The molecule has 2 aromatic carbocycles. The van der Waals surface area contributed by atoms with Gasteiger partial charge in [0.25, 0.3) is 5.91 Å². The van der Waals surface area contributed by atoms with E-state index in [0.717, 1.165) is 0 Å². The van der Waals surface area contributed by atoms with Gasteiger partial charge in [-0.1, -0.05) is 30.3 Å². The second-order valence-electron chi connectivity index (χ2n) is 4.02. The lowest BCUT2D eigenvalue weighted by molar-refractivity contribution is 0.102. The third-order valence-electron chi connectivity index (χ3n) is 2.73. The van der Waals surface area contributed by atoms with Gasteiger partial charge in [0.05, 0.1) is 5.69 Å². The van der Waals surface area contributed by atoms with Crippen molar-refractivity contribution in [2.45, 2.75) is 4.90 Å². The van der Waals surface area contributed by atoms with Crippen LogP contribution in [0.5, 0.6) is 0 Å². The average molecular weight is 290 g/mol. The number of hydrogen-bond acceptors (Lipinski definition) is 3. The number of amides is 1. The first kappa shape index (κ1) is 14.2. The molecular weight excluding hydrogens is 276 g/mol. The summed E-state index contributed by atoms with van der Waals surface area (Å²) in [5.74, 6) is -0.357. The highest BCUT2D eigenvalue weighted by atomic mass is 32.2. The minimum Gasteiger partial charge on any atom is -0.321 e. The van der Waals surface area contributed by atoms with Gasteiger partial charge in [0.15, 0.2) is 0 Å². The molecule has 0 spiro atoms. The van der Waals surface area contributed by atoms with Crippen LogP contribution in [0.15, 0.2) is 59.5 Å². The van der Waals surface area contributed by atoms with Crippen LogP contribution in [0.1, 0.15) is 10.4 Å². The summed E-state index contributed by atoms with van der Waals surface area (Å²) in [6, 6.07) is 14.8. The van der Waals surface area contributed by atoms with Gasteiger partial charge in [0.2, 0.25) is 10.0 Å². The predicted molar refractivity (Wildman–Crippen MR) is 77.1 cm³/mol. The van der Waals surface area contributed by atoms with Gasteiger partial charge < -0.3 is 5.32 Å². The highest BCUT2D eigenvalue weighted by Crippen LogP contribution is 2.21. The number of carbonyl (C=O) groups excluding carboxylic acids is 1. The van der Waals surface area contributed by atoms with Gasteiger partial charge in [-0.15, -0.1) is 0 Å². The first-order valence-electron chi connectivity index (χ1n) is 5.93. The maximum Gasteiger partial charge on any atom is 0.255 e. The smallest absolute Gasteiger partial charge is 0.255 e. The van der Waals surface area contributed by atoms with Crippen molar-refractivity contribution in [2.24, 2.45) is 0 Å². The van der Waals surface area contributed by atoms with Crippen LogP contribution in [0.25, 0.3) is 0 Å². The minimum absolute atomic E-state index is 0.0341. The molecule has 0 fully saturated rings. The van der Waals surface area contributed by atoms with Crippen LogP contribution in [-0.2, 0) is 10.0 Å². The number of carbonyl (C=O) groups is 1. The number of rotatable bonds is 4. The Hall–Kier alpha value is -2.18. The summed E-state index contributed by atoms with van der Waals surface area (Å²) in [5, 5.41) is 2.61. The zero-order chi connectivity index (χ0) is 14.6. The van der Waals surface area contributed by atoms with Crippen LogP contribution >= 0.6 is 0 Å². The number of hydrogen-bond donors (Lipinski definition) is 2. The molecule has 104 valence electrons. The van der Waals surface area contributed by atoms with Gasteiger partial charge in [-0.2, -0.15) is 0 Å². The summed E-state index contributed by atoms with van der Waals surface area (Å²) in [6.07, 6.45) is 0. The average Bonchev–Trinajstić information content (AvgIpc) is 2.48. The summed E-state index contributed by atoms with van der Waals surface area (Å²) >= 11 is 0. The quantitative estimate of drug-likeness (QED) is 0.902. The fourth-order valence-corrected chi connectivity index (χ4v) is 2.58. The van der Waals surface area contributed by atoms with Crippen LogP contribution in [-0.4, -0.2) is 21.4 Å². The number of para-hydroxylation sites is 1. The van der Waals surface area contributed by atoms with Crippen LogP contribution in [0.4, 0.5) is 5.69 Å². The lowest BCUT2D eigenvalue weighted by Crippen LogP contribution is -2.21. The molecule has 5 nitrogen and oxygen atoms in total. The van der Waals surface area contributed by atoms with Gasteiger partial charge in [-0.3, -0.25) is 4.79 Å². The van der Waals surface area contributed by atoms with E-state index in [9.17, 15) is 13.2 Å². The monoisotopic (exact) mass is 290 g/mol. The molecule has 0 aliphatic carbocycles. The molecule has 1 amide bonds. The Bertz CT molecular complexity index is 712. The van der Waals surface area contributed by atoms with Crippen molar-refractivity contribution >= 4 is 21.6 Å². The summed E-state index contributed by atoms with van der Waals surface area (Å²) < 4.78 is 26.0. The van der Waals surface area contributed by atoms with E-state index in [0.29, 0.717) is 5.56 Å². The molecule has 0 saturated carbocycles. The molecular formula is C14H14N2O3S.